The molecule has 1 N–H and O–H groups in total. The molecular formula is C21H23F5N4O4S. The van der Waals surface area contributed by atoms with Gasteiger partial charge in [-0.2, -0.15) is 27.1 Å². The van der Waals surface area contributed by atoms with E-state index in [-0.39, 0.29) is 29.1 Å². The maximum Gasteiger partial charge on any atom is 0.437 e. The molecule has 3 rings (SSSR count). The Morgan fingerprint density at radius 3 is 2.40 bits per heavy atom. The summed E-state index contributed by atoms with van der Waals surface area (Å²) in [6, 6.07) is 4.84. The number of alkyl halides is 5. The van der Waals surface area contributed by atoms with Crippen molar-refractivity contribution in [2.45, 2.75) is 38.0 Å². The van der Waals surface area contributed by atoms with Crippen molar-refractivity contribution in [2.24, 2.45) is 12.2 Å². The molecule has 0 saturated heterocycles. The fraction of sp³-hybridized carbons (Fsp3) is 0.476. The van der Waals surface area contributed by atoms with Gasteiger partial charge in [0, 0.05) is 32.3 Å². The Balaban J connectivity index is 1.87. The molecule has 0 radical (unpaired) electrons. The summed E-state index contributed by atoms with van der Waals surface area (Å²) in [6.07, 6.45) is -4.78. The summed E-state index contributed by atoms with van der Waals surface area (Å²) in [5.41, 5.74) is -3.74. The number of nitrogens with one attached hydrogen (secondary N) is 1. The van der Waals surface area contributed by atoms with Gasteiger partial charge in [-0.15, -0.1) is 0 Å². The van der Waals surface area contributed by atoms with E-state index in [1.54, 1.807) is 6.92 Å². The summed E-state index contributed by atoms with van der Waals surface area (Å²) in [5, 5.41) is 9.60. The molecule has 0 bridgehead atoms. The quantitative estimate of drug-likeness (QED) is 0.563. The zero-order chi connectivity index (χ0) is 26.4. The number of hydrogen-bond acceptors (Lipinski definition) is 6. The van der Waals surface area contributed by atoms with Crippen molar-refractivity contribution in [3.63, 3.8) is 0 Å². The first-order valence-corrected chi connectivity index (χ1v) is 12.3. The Morgan fingerprint density at radius 2 is 1.89 bits per heavy atom. The molecule has 14 heteroatoms. The number of hydrogen-bond donors (Lipinski definition) is 1. The topological polar surface area (TPSA) is 103 Å². The van der Waals surface area contributed by atoms with E-state index < -0.39 is 51.3 Å². The van der Waals surface area contributed by atoms with Gasteiger partial charge in [0.25, 0.3) is 17.4 Å². The van der Waals surface area contributed by atoms with E-state index in [2.05, 4.69) is 15.6 Å². The molecule has 0 spiro atoms. The van der Waals surface area contributed by atoms with Gasteiger partial charge in [0.15, 0.2) is 0 Å². The molecular weight excluding hydrogens is 499 g/mol. The number of sulfone groups is 1. The second-order valence-corrected chi connectivity index (χ2v) is 10.7. The van der Waals surface area contributed by atoms with Gasteiger partial charge in [0.2, 0.25) is 0 Å². The van der Waals surface area contributed by atoms with Crippen molar-refractivity contribution >= 4 is 21.5 Å². The molecule has 1 atom stereocenters. The molecule has 1 aliphatic heterocycles. The van der Waals surface area contributed by atoms with E-state index in [0.717, 1.165) is 13.3 Å². The summed E-state index contributed by atoms with van der Waals surface area (Å²) in [5.74, 6) is -4.25. The molecule has 0 fully saturated rings. The maximum atomic E-state index is 14.2. The highest BCUT2D eigenvalue weighted by Gasteiger charge is 2.64. The number of aromatic nitrogens is 2. The van der Waals surface area contributed by atoms with Crippen LogP contribution in [-0.2, 0) is 33.2 Å². The highest BCUT2D eigenvalue weighted by Crippen LogP contribution is 2.49. The first kappa shape index (κ1) is 26.6. The van der Waals surface area contributed by atoms with Gasteiger partial charge in [0.05, 0.1) is 23.6 Å². The average Bonchev–Trinajstić information content (AvgIpc) is 3.31. The summed E-state index contributed by atoms with van der Waals surface area (Å²) >= 11 is 0. The predicted molar refractivity (Wildman–Crippen MR) is 116 cm³/mol. The molecule has 1 amide bonds. The highest BCUT2D eigenvalue weighted by atomic mass is 32.2. The van der Waals surface area contributed by atoms with Crippen LogP contribution in [0, 0.1) is 6.92 Å². The van der Waals surface area contributed by atoms with Crippen molar-refractivity contribution in [3.05, 3.63) is 52.3 Å². The molecule has 1 aromatic heterocycles. The van der Waals surface area contributed by atoms with Crippen LogP contribution in [0.5, 0.6) is 0 Å². The van der Waals surface area contributed by atoms with Crippen LogP contribution in [0.1, 0.15) is 46.2 Å². The third kappa shape index (κ3) is 5.46. The summed E-state index contributed by atoms with van der Waals surface area (Å²) in [4.78, 5) is 17.2. The molecule has 0 aliphatic carbocycles. The van der Waals surface area contributed by atoms with E-state index >= 15 is 0 Å². The van der Waals surface area contributed by atoms with E-state index in [1.165, 1.54) is 18.2 Å². The van der Waals surface area contributed by atoms with Crippen LogP contribution >= 0.6 is 0 Å². The van der Waals surface area contributed by atoms with Gasteiger partial charge in [-0.25, -0.2) is 8.42 Å². The Hall–Kier alpha value is -3.03. The lowest BCUT2D eigenvalue weighted by molar-refractivity contribution is -0.278. The van der Waals surface area contributed by atoms with Crippen molar-refractivity contribution in [1.29, 1.82) is 0 Å². The highest BCUT2D eigenvalue weighted by molar-refractivity contribution is 7.90. The van der Waals surface area contributed by atoms with E-state index in [0.29, 0.717) is 23.2 Å². The largest absolute Gasteiger partial charge is 0.437 e. The lowest BCUT2D eigenvalue weighted by Crippen LogP contribution is -2.44. The number of oxime groups is 1. The van der Waals surface area contributed by atoms with Gasteiger partial charge < -0.3 is 10.2 Å². The Labute approximate surface area is 198 Å². The maximum absolute atomic E-state index is 14.2. The molecule has 192 valence electrons. The van der Waals surface area contributed by atoms with Crippen molar-refractivity contribution < 1.29 is 40.0 Å². The van der Waals surface area contributed by atoms with Gasteiger partial charge in [-0.1, -0.05) is 11.2 Å². The number of halogens is 5. The molecule has 1 aliphatic rings. The Bertz CT molecular complexity index is 1280. The monoisotopic (exact) mass is 522 g/mol. The molecule has 2 aromatic rings. The van der Waals surface area contributed by atoms with Crippen LogP contribution in [-0.4, -0.2) is 54.5 Å². The number of nitrogens with zero attached hydrogens (tertiary/aromatic N) is 3. The minimum absolute atomic E-state index is 0.0968. The van der Waals surface area contributed by atoms with Gasteiger partial charge in [-0.05, 0) is 36.2 Å². The van der Waals surface area contributed by atoms with E-state index in [9.17, 15) is 35.2 Å². The smallest absolute Gasteiger partial charge is 0.372 e. The van der Waals surface area contributed by atoms with Gasteiger partial charge in [-0.3, -0.25) is 9.48 Å². The first-order valence-electron chi connectivity index (χ1n) is 10.3. The number of amides is 1. The van der Waals surface area contributed by atoms with Crippen molar-refractivity contribution in [3.8, 4) is 0 Å². The standard InChI is InChI=1S/C21H23F5N4O4S/c1-12-9-13(5-6-14(12)18(31)27-7-8-35(4,32)33)15-11-20(34-29-15,21(24,25)26)17-10-16(19(2,22)23)28-30(17)3/h5-6,9-10H,7-8,11H2,1-4H3,(H,27,31). The minimum atomic E-state index is -5.01. The summed E-state index contributed by atoms with van der Waals surface area (Å²) in [6.45, 7) is 1.98. The zero-order valence-electron chi connectivity index (χ0n) is 19.2. The summed E-state index contributed by atoms with van der Waals surface area (Å²) < 4.78 is 93.1. The third-order valence-corrected chi connectivity index (χ3v) is 6.44. The van der Waals surface area contributed by atoms with E-state index in [4.69, 9.17) is 4.84 Å². The predicted octanol–water partition coefficient (Wildman–Crippen LogP) is 3.20. The molecule has 8 nitrogen and oxygen atoms in total. The Morgan fingerprint density at radius 1 is 1.23 bits per heavy atom. The SMILES string of the molecule is Cc1cc(C2=NOC(c3cc(C(C)(F)F)nn3C)(C(F)(F)F)C2)ccc1C(=O)NCCS(C)(=O)=O. The number of benzene rings is 1. The first-order chi connectivity index (χ1) is 15.9. The van der Waals surface area contributed by atoms with Crippen LogP contribution in [0.15, 0.2) is 29.4 Å². The Kier molecular flexibility index (Phi) is 6.74. The second kappa shape index (κ2) is 8.88. The van der Waals surface area contributed by atoms with Crippen molar-refractivity contribution in [1.82, 2.24) is 15.1 Å². The zero-order valence-corrected chi connectivity index (χ0v) is 20.0. The van der Waals surface area contributed by atoms with E-state index in [1.807, 2.05) is 0 Å². The second-order valence-electron chi connectivity index (χ2n) is 8.47. The number of carbonyl (C=O) groups excluding carboxylic acids is 1. The fourth-order valence-electron chi connectivity index (χ4n) is 3.63. The summed E-state index contributed by atoms with van der Waals surface area (Å²) in [7, 11) is -2.16. The molecule has 0 saturated carbocycles. The minimum Gasteiger partial charge on any atom is -0.372 e. The normalized spacial score (nSPS) is 18.8. The molecule has 1 unspecified atom stereocenters. The molecule has 2 heterocycles. The molecule has 1 aromatic carbocycles. The fourth-order valence-corrected chi connectivity index (χ4v) is 4.10. The van der Waals surface area contributed by atoms with Crippen LogP contribution < -0.4 is 5.32 Å². The molecule has 35 heavy (non-hydrogen) atoms. The lowest BCUT2D eigenvalue weighted by atomic mass is 9.89. The van der Waals surface area contributed by atoms with Crippen LogP contribution in [0.2, 0.25) is 0 Å². The van der Waals surface area contributed by atoms with Gasteiger partial charge >= 0.3 is 6.18 Å². The van der Waals surface area contributed by atoms with Crippen LogP contribution in [0.25, 0.3) is 0 Å². The lowest BCUT2D eigenvalue weighted by Gasteiger charge is -2.28. The average molecular weight is 522 g/mol. The van der Waals surface area contributed by atoms with Crippen molar-refractivity contribution in [2.75, 3.05) is 18.6 Å². The number of carbonyl (C=O) groups is 1. The van der Waals surface area contributed by atoms with Crippen LogP contribution in [0.3, 0.4) is 0 Å². The van der Waals surface area contributed by atoms with Gasteiger partial charge in [0.1, 0.15) is 15.5 Å². The van der Waals surface area contributed by atoms with Crippen LogP contribution in [0.4, 0.5) is 22.0 Å². The third-order valence-electron chi connectivity index (χ3n) is 5.49. The number of rotatable bonds is 7. The number of aryl methyl sites for hydroxylation is 2.